The van der Waals surface area contributed by atoms with Crippen LogP contribution in [0.3, 0.4) is 0 Å². The first-order valence-corrected chi connectivity index (χ1v) is 13.2. The molecule has 1 unspecified atom stereocenters. The first-order valence-electron chi connectivity index (χ1n) is 12.4. The quantitative estimate of drug-likeness (QED) is 0.290. The molecule has 0 radical (unpaired) electrons. The molecule has 0 bridgehead atoms. The van der Waals surface area contributed by atoms with Crippen molar-refractivity contribution in [2.24, 2.45) is 17.8 Å². The normalized spacial score (nSPS) is 24.5. The molecule has 0 heterocycles. The van der Waals surface area contributed by atoms with Crippen molar-refractivity contribution in [3.05, 3.63) is 52.5 Å². The second kappa shape index (κ2) is 12.8. The summed E-state index contributed by atoms with van der Waals surface area (Å²) in [7, 11) is 0. The lowest BCUT2D eigenvalue weighted by molar-refractivity contribution is 0.218. The van der Waals surface area contributed by atoms with E-state index in [0.717, 1.165) is 22.2 Å². The van der Waals surface area contributed by atoms with Gasteiger partial charge in [-0.1, -0.05) is 124 Å². The van der Waals surface area contributed by atoms with Gasteiger partial charge in [0, 0.05) is 4.47 Å². The molecule has 160 valence electrons. The van der Waals surface area contributed by atoms with Crippen LogP contribution >= 0.6 is 15.9 Å². The third-order valence-electron chi connectivity index (χ3n) is 7.27. The zero-order valence-electron chi connectivity index (χ0n) is 18.6. The number of benzene rings is 1. The van der Waals surface area contributed by atoms with Crippen molar-refractivity contribution < 1.29 is 0 Å². The van der Waals surface area contributed by atoms with Crippen LogP contribution in [0.1, 0.15) is 102 Å². The molecule has 29 heavy (non-hydrogen) atoms. The average Bonchev–Trinajstić information content (AvgIpc) is 2.77. The molecule has 1 aromatic carbocycles. The summed E-state index contributed by atoms with van der Waals surface area (Å²) in [6, 6.07) is 8.72. The number of hydrogen-bond donors (Lipinski definition) is 0. The van der Waals surface area contributed by atoms with Gasteiger partial charge in [0.25, 0.3) is 0 Å². The van der Waals surface area contributed by atoms with E-state index in [-0.39, 0.29) is 0 Å². The molecule has 0 amide bonds. The maximum Gasteiger partial charge on any atom is 0.0175 e. The van der Waals surface area contributed by atoms with E-state index in [4.69, 9.17) is 0 Å². The highest BCUT2D eigenvalue weighted by Gasteiger charge is 2.26. The van der Waals surface area contributed by atoms with E-state index in [1.807, 2.05) is 0 Å². The molecule has 3 rings (SSSR count). The first-order chi connectivity index (χ1) is 14.3. The third-order valence-corrected chi connectivity index (χ3v) is 7.80. The molecule has 1 fully saturated rings. The molecule has 0 N–H and O–H groups in total. The Bertz CT molecular complexity index is 631. The smallest absolute Gasteiger partial charge is 0.0175 e. The van der Waals surface area contributed by atoms with Crippen LogP contribution in [0.25, 0.3) is 5.57 Å². The summed E-state index contributed by atoms with van der Waals surface area (Å²) in [5.41, 5.74) is 2.74. The molecule has 0 aromatic heterocycles. The predicted octanol–water partition coefficient (Wildman–Crippen LogP) is 9.75. The highest BCUT2D eigenvalue weighted by molar-refractivity contribution is 9.10. The van der Waals surface area contributed by atoms with Gasteiger partial charge in [0.2, 0.25) is 0 Å². The topological polar surface area (TPSA) is 0 Å². The fourth-order valence-corrected chi connectivity index (χ4v) is 5.58. The predicted molar refractivity (Wildman–Crippen MR) is 132 cm³/mol. The van der Waals surface area contributed by atoms with Crippen molar-refractivity contribution >= 4 is 21.5 Å². The van der Waals surface area contributed by atoms with Crippen molar-refractivity contribution in [1.29, 1.82) is 0 Å². The number of halogens is 1. The van der Waals surface area contributed by atoms with Gasteiger partial charge in [-0.25, -0.2) is 0 Å². The molecule has 0 saturated heterocycles. The second-order valence-electron chi connectivity index (χ2n) is 9.47. The van der Waals surface area contributed by atoms with E-state index in [1.165, 1.54) is 101 Å². The number of allylic oxidation sites excluding steroid dienone is 4. The maximum absolute atomic E-state index is 3.53. The fourth-order valence-electron chi connectivity index (χ4n) is 5.31. The van der Waals surface area contributed by atoms with Crippen LogP contribution in [-0.4, -0.2) is 0 Å². The molecule has 2 aliphatic carbocycles. The molecule has 1 saturated carbocycles. The maximum atomic E-state index is 3.53. The summed E-state index contributed by atoms with van der Waals surface area (Å²) in [4.78, 5) is 0. The highest BCUT2D eigenvalue weighted by Crippen LogP contribution is 2.39. The average molecular weight is 458 g/mol. The standard InChI is InChI=1S/C28H41Br/c1-2-3-4-5-6-7-8-9-10-23-11-13-24(14-12-23)25-15-17-26(18-16-25)27-19-21-28(29)22-20-27/h15,17-25H,2-14,16H2,1H3. The Morgan fingerprint density at radius 3 is 2.10 bits per heavy atom. The summed E-state index contributed by atoms with van der Waals surface area (Å²) in [5, 5.41) is 0. The van der Waals surface area contributed by atoms with E-state index in [2.05, 4.69) is 65.3 Å². The number of hydrogen-bond acceptors (Lipinski definition) is 0. The van der Waals surface area contributed by atoms with Gasteiger partial charge in [0.1, 0.15) is 0 Å². The van der Waals surface area contributed by atoms with E-state index < -0.39 is 0 Å². The molecule has 1 aromatic rings. The van der Waals surface area contributed by atoms with Crippen molar-refractivity contribution in [3.8, 4) is 0 Å². The van der Waals surface area contributed by atoms with Gasteiger partial charge in [-0.05, 0) is 60.3 Å². The molecule has 1 atom stereocenters. The van der Waals surface area contributed by atoms with E-state index in [9.17, 15) is 0 Å². The first kappa shape index (κ1) is 22.9. The Hall–Kier alpha value is -0.820. The molecule has 0 nitrogen and oxygen atoms in total. The Balaban J connectivity index is 1.29. The molecular weight excluding hydrogens is 416 g/mol. The van der Waals surface area contributed by atoms with E-state index in [1.54, 1.807) is 0 Å². The summed E-state index contributed by atoms with van der Waals surface area (Å²) in [5.74, 6) is 2.72. The number of rotatable bonds is 11. The summed E-state index contributed by atoms with van der Waals surface area (Å²) >= 11 is 3.53. The van der Waals surface area contributed by atoms with Crippen molar-refractivity contribution in [1.82, 2.24) is 0 Å². The largest absolute Gasteiger partial charge is 0.0802 e. The van der Waals surface area contributed by atoms with Crippen LogP contribution < -0.4 is 0 Å². The van der Waals surface area contributed by atoms with Gasteiger partial charge >= 0.3 is 0 Å². The number of unbranched alkanes of at least 4 members (excludes halogenated alkanes) is 7. The Kier molecular flexibility index (Phi) is 10.1. The lowest BCUT2D eigenvalue weighted by Crippen LogP contribution is -2.21. The van der Waals surface area contributed by atoms with Crippen molar-refractivity contribution in [2.45, 2.75) is 96.8 Å². The molecule has 0 aliphatic heterocycles. The van der Waals surface area contributed by atoms with Crippen LogP contribution in [0.2, 0.25) is 0 Å². The molecule has 2 aliphatic rings. The third kappa shape index (κ3) is 7.74. The van der Waals surface area contributed by atoms with E-state index >= 15 is 0 Å². The van der Waals surface area contributed by atoms with Crippen molar-refractivity contribution in [2.75, 3.05) is 0 Å². The minimum atomic E-state index is 0.776. The van der Waals surface area contributed by atoms with E-state index in [0.29, 0.717) is 0 Å². The SMILES string of the molecule is CCCCCCCCCCC1CCC(C2C=CC(c3ccc(Br)cc3)=CC2)CC1. The van der Waals surface area contributed by atoms with Gasteiger partial charge in [0.15, 0.2) is 0 Å². The zero-order chi connectivity index (χ0) is 20.3. The summed E-state index contributed by atoms with van der Waals surface area (Å²) in [6.45, 7) is 2.30. The summed E-state index contributed by atoms with van der Waals surface area (Å²) < 4.78 is 1.16. The Labute approximate surface area is 188 Å². The minimum Gasteiger partial charge on any atom is -0.0802 e. The molecular formula is C28H41Br. The molecule has 0 spiro atoms. The van der Waals surface area contributed by atoms with Gasteiger partial charge in [-0.3, -0.25) is 0 Å². The monoisotopic (exact) mass is 456 g/mol. The lowest BCUT2D eigenvalue weighted by atomic mass is 9.72. The van der Waals surface area contributed by atoms with Crippen LogP contribution in [0.5, 0.6) is 0 Å². The fraction of sp³-hybridized carbons (Fsp3) is 0.643. The van der Waals surface area contributed by atoms with Crippen LogP contribution in [0.15, 0.2) is 47.0 Å². The van der Waals surface area contributed by atoms with Gasteiger partial charge in [-0.15, -0.1) is 0 Å². The van der Waals surface area contributed by atoms with Crippen LogP contribution in [0.4, 0.5) is 0 Å². The highest BCUT2D eigenvalue weighted by atomic mass is 79.9. The Morgan fingerprint density at radius 1 is 0.828 bits per heavy atom. The van der Waals surface area contributed by atoms with Crippen LogP contribution in [0, 0.1) is 17.8 Å². The zero-order valence-corrected chi connectivity index (χ0v) is 20.1. The molecule has 1 heteroatoms. The van der Waals surface area contributed by atoms with Gasteiger partial charge < -0.3 is 0 Å². The van der Waals surface area contributed by atoms with Crippen LogP contribution in [-0.2, 0) is 0 Å². The minimum absolute atomic E-state index is 0.776. The summed E-state index contributed by atoms with van der Waals surface area (Å²) in [6.07, 6.45) is 27.6. The van der Waals surface area contributed by atoms with Gasteiger partial charge in [0.05, 0.1) is 0 Å². The van der Waals surface area contributed by atoms with Crippen molar-refractivity contribution in [3.63, 3.8) is 0 Å². The van der Waals surface area contributed by atoms with Gasteiger partial charge in [-0.2, -0.15) is 0 Å². The Morgan fingerprint density at radius 2 is 1.48 bits per heavy atom. The second-order valence-corrected chi connectivity index (χ2v) is 10.4. The lowest BCUT2D eigenvalue weighted by Gasteiger charge is -2.33.